The molecule has 2 amide bonds. The van der Waals surface area contributed by atoms with E-state index in [9.17, 15) is 9.59 Å². The van der Waals surface area contributed by atoms with Gasteiger partial charge in [0.1, 0.15) is 0 Å². The van der Waals surface area contributed by atoms with Gasteiger partial charge in [0.25, 0.3) is 0 Å². The third-order valence-electron chi connectivity index (χ3n) is 9.52. The Morgan fingerprint density at radius 3 is 2.25 bits per heavy atom. The Balaban J connectivity index is 1.12. The number of hydrogen-bond donors (Lipinski definition) is 2. The van der Waals surface area contributed by atoms with Gasteiger partial charge in [-0.25, -0.2) is 4.79 Å². The lowest BCUT2D eigenvalue weighted by atomic mass is 9.83. The highest BCUT2D eigenvalue weighted by Gasteiger charge is 2.32. The van der Waals surface area contributed by atoms with Crippen molar-refractivity contribution in [3.05, 3.63) is 53.9 Å². The van der Waals surface area contributed by atoms with Crippen LogP contribution in [0.4, 0.5) is 4.79 Å². The highest BCUT2D eigenvalue weighted by atomic mass is 16.2. The van der Waals surface area contributed by atoms with Gasteiger partial charge in [0.15, 0.2) is 0 Å². The van der Waals surface area contributed by atoms with E-state index in [0.717, 1.165) is 61.9 Å². The molecular formula is C38H58N4O2. The zero-order valence-corrected chi connectivity index (χ0v) is 27.8. The molecule has 2 N–H and O–H groups in total. The maximum atomic E-state index is 13.7. The number of benzene rings is 1. The second-order valence-corrected chi connectivity index (χ2v) is 13.6. The average Bonchev–Trinajstić information content (AvgIpc) is 3.28. The second-order valence-electron chi connectivity index (χ2n) is 13.6. The van der Waals surface area contributed by atoms with Crippen LogP contribution in [0, 0.1) is 0 Å². The predicted molar refractivity (Wildman–Crippen MR) is 185 cm³/mol. The van der Waals surface area contributed by atoms with E-state index in [1.165, 1.54) is 76.2 Å². The standard InChI is InChI=1S/C38H58N4O2/c1-4-5-6-7-8-9-10-11-12-13-14-15-16-17-18-23-35(43)41-28-25-31(26-29-41)40-37(44)42-33-22-20-19-21-32(33)36-34(42)24-27-39-30-38(36,2)3/h11-12,19-22,24,27,31,39H,4-10,13-18,23,25-26,28-30H2,1-3H3,(H,40,44). The van der Waals surface area contributed by atoms with E-state index in [1.807, 2.05) is 39.9 Å². The third kappa shape index (κ3) is 9.49. The second kappa shape index (κ2) is 17.5. The lowest BCUT2D eigenvalue weighted by Crippen LogP contribution is -2.47. The number of carbonyl (C=O) groups is 2. The third-order valence-corrected chi connectivity index (χ3v) is 9.52. The van der Waals surface area contributed by atoms with Crippen LogP contribution in [0.2, 0.25) is 0 Å². The van der Waals surface area contributed by atoms with Crippen LogP contribution in [0.3, 0.4) is 0 Å². The van der Waals surface area contributed by atoms with Crippen LogP contribution in [0.15, 0.2) is 42.6 Å². The molecule has 0 atom stereocenters. The molecule has 0 unspecified atom stereocenters. The van der Waals surface area contributed by atoms with E-state index in [1.54, 1.807) is 0 Å². The molecular weight excluding hydrogens is 544 g/mol. The first-order valence-electron chi connectivity index (χ1n) is 17.7. The van der Waals surface area contributed by atoms with Crippen molar-refractivity contribution in [2.75, 3.05) is 19.6 Å². The number of unbranched alkanes of at least 4 members (excludes halogenated alkanes) is 11. The van der Waals surface area contributed by atoms with Gasteiger partial charge < -0.3 is 15.5 Å². The normalized spacial score (nSPS) is 16.7. The summed E-state index contributed by atoms with van der Waals surface area (Å²) in [5.74, 6) is 0.272. The fourth-order valence-corrected chi connectivity index (χ4v) is 6.91. The molecule has 2 aliphatic rings. The summed E-state index contributed by atoms with van der Waals surface area (Å²) in [6, 6.07) is 8.20. The number of aromatic nitrogens is 1. The van der Waals surface area contributed by atoms with Crippen molar-refractivity contribution >= 4 is 28.9 Å². The average molecular weight is 603 g/mol. The first-order chi connectivity index (χ1) is 21.4. The molecule has 6 nitrogen and oxygen atoms in total. The minimum Gasteiger partial charge on any atom is -0.390 e. The Kier molecular flexibility index (Phi) is 13.4. The molecule has 0 bridgehead atoms. The van der Waals surface area contributed by atoms with E-state index in [4.69, 9.17) is 0 Å². The first kappa shape index (κ1) is 33.9. The predicted octanol–water partition coefficient (Wildman–Crippen LogP) is 9.08. The van der Waals surface area contributed by atoms with Gasteiger partial charge >= 0.3 is 6.03 Å². The van der Waals surface area contributed by atoms with Crippen LogP contribution >= 0.6 is 0 Å². The topological polar surface area (TPSA) is 66.4 Å². The Morgan fingerprint density at radius 1 is 0.909 bits per heavy atom. The molecule has 0 spiro atoms. The van der Waals surface area contributed by atoms with Gasteiger partial charge in [-0.15, -0.1) is 0 Å². The first-order valence-corrected chi connectivity index (χ1v) is 17.7. The number of hydrogen-bond acceptors (Lipinski definition) is 3. The summed E-state index contributed by atoms with van der Waals surface area (Å²) in [6.07, 6.45) is 27.4. The maximum Gasteiger partial charge on any atom is 0.326 e. The van der Waals surface area contributed by atoms with Crippen LogP contribution in [0.5, 0.6) is 0 Å². The molecule has 1 aromatic carbocycles. The van der Waals surface area contributed by atoms with Crippen molar-refractivity contribution in [2.45, 2.75) is 135 Å². The molecule has 2 aliphatic heterocycles. The summed E-state index contributed by atoms with van der Waals surface area (Å²) in [6.45, 7) is 8.98. The SMILES string of the molecule is CCCCCCCCC=CCCCCCCCC(=O)N1CCC(NC(=O)n2c3c(c4ccccc42)C(C)(C)CNC=C3)CC1. The quantitative estimate of drug-likeness (QED) is 0.149. The number of allylic oxidation sites excluding steroid dienone is 2. The van der Waals surface area contributed by atoms with Crippen LogP contribution in [0.25, 0.3) is 17.0 Å². The maximum absolute atomic E-state index is 13.7. The largest absolute Gasteiger partial charge is 0.390 e. The number of rotatable bonds is 16. The summed E-state index contributed by atoms with van der Waals surface area (Å²) in [7, 11) is 0. The van der Waals surface area contributed by atoms with Crippen LogP contribution in [-0.2, 0) is 10.2 Å². The van der Waals surface area contributed by atoms with Crippen molar-refractivity contribution in [1.82, 2.24) is 20.1 Å². The fraction of sp³-hybridized carbons (Fsp3) is 0.632. The molecule has 3 heterocycles. The Morgan fingerprint density at radius 2 is 1.55 bits per heavy atom. The summed E-state index contributed by atoms with van der Waals surface area (Å²) < 4.78 is 1.85. The Bertz CT molecular complexity index is 1250. The number of para-hydroxylation sites is 1. The molecule has 6 heteroatoms. The van der Waals surface area contributed by atoms with E-state index >= 15 is 0 Å². The molecule has 2 aromatic rings. The number of carbonyl (C=O) groups excluding carboxylic acids is 2. The van der Waals surface area contributed by atoms with Crippen molar-refractivity contribution in [3.63, 3.8) is 0 Å². The summed E-state index contributed by atoms with van der Waals surface area (Å²) in [4.78, 5) is 28.5. The number of likely N-dealkylation sites (tertiary alicyclic amines) is 1. The van der Waals surface area contributed by atoms with Crippen LogP contribution < -0.4 is 10.6 Å². The smallest absolute Gasteiger partial charge is 0.326 e. The summed E-state index contributed by atoms with van der Waals surface area (Å²) in [5, 5.41) is 7.80. The van der Waals surface area contributed by atoms with E-state index in [2.05, 4.69) is 49.6 Å². The number of nitrogens with one attached hydrogen (secondary N) is 2. The molecule has 4 rings (SSSR count). The fourth-order valence-electron chi connectivity index (χ4n) is 6.91. The highest BCUT2D eigenvalue weighted by Crippen LogP contribution is 2.37. The Hall–Kier alpha value is -3.02. The minimum absolute atomic E-state index is 0.0732. The lowest BCUT2D eigenvalue weighted by molar-refractivity contribution is -0.132. The van der Waals surface area contributed by atoms with Crippen LogP contribution in [0.1, 0.15) is 135 Å². The highest BCUT2D eigenvalue weighted by molar-refractivity contribution is 5.98. The number of fused-ring (bicyclic) bond motifs is 3. The number of amides is 2. The van der Waals surface area contributed by atoms with Gasteiger partial charge in [0.2, 0.25) is 5.91 Å². The van der Waals surface area contributed by atoms with Gasteiger partial charge in [0.05, 0.1) is 11.2 Å². The number of piperidine rings is 1. The zero-order valence-electron chi connectivity index (χ0n) is 27.8. The van der Waals surface area contributed by atoms with E-state index in [0.29, 0.717) is 6.42 Å². The molecule has 0 aliphatic carbocycles. The van der Waals surface area contributed by atoms with Gasteiger partial charge in [-0.1, -0.05) is 102 Å². The zero-order chi connectivity index (χ0) is 31.2. The summed E-state index contributed by atoms with van der Waals surface area (Å²) >= 11 is 0. The molecule has 0 saturated carbocycles. The van der Waals surface area contributed by atoms with Crippen LogP contribution in [-0.4, -0.2) is 47.1 Å². The molecule has 1 fully saturated rings. The lowest BCUT2D eigenvalue weighted by Gasteiger charge is -2.32. The van der Waals surface area contributed by atoms with Gasteiger partial charge in [-0.3, -0.25) is 9.36 Å². The van der Waals surface area contributed by atoms with Gasteiger partial charge in [0, 0.05) is 42.9 Å². The van der Waals surface area contributed by atoms with Gasteiger partial charge in [-0.2, -0.15) is 0 Å². The molecule has 242 valence electrons. The van der Waals surface area contributed by atoms with Crippen molar-refractivity contribution in [2.24, 2.45) is 0 Å². The van der Waals surface area contributed by atoms with E-state index < -0.39 is 0 Å². The van der Waals surface area contributed by atoms with Gasteiger partial charge in [-0.05, 0) is 68.9 Å². The molecule has 1 saturated heterocycles. The van der Waals surface area contributed by atoms with Crippen molar-refractivity contribution in [1.29, 1.82) is 0 Å². The molecule has 1 aromatic heterocycles. The number of nitrogens with zero attached hydrogens (tertiary/aromatic N) is 2. The Labute approximate surface area is 266 Å². The summed E-state index contributed by atoms with van der Waals surface area (Å²) in [5.41, 5.74) is 2.99. The minimum atomic E-state index is -0.111. The molecule has 0 radical (unpaired) electrons. The monoisotopic (exact) mass is 602 g/mol. The molecule has 44 heavy (non-hydrogen) atoms. The van der Waals surface area contributed by atoms with Crippen molar-refractivity contribution < 1.29 is 9.59 Å². The van der Waals surface area contributed by atoms with Crippen molar-refractivity contribution in [3.8, 4) is 0 Å². The van der Waals surface area contributed by atoms with E-state index in [-0.39, 0.29) is 23.4 Å².